The fraction of sp³-hybridized carbons (Fsp3) is 0.250. The number of pyridine rings is 1. The number of aryl methyl sites for hydroxylation is 1. The third-order valence-corrected chi connectivity index (χ3v) is 4.62. The lowest BCUT2D eigenvalue weighted by molar-refractivity contribution is 0.102. The normalized spacial score (nSPS) is 14.3. The largest absolute Gasteiger partial charge is 0.368 e. The molecule has 3 heterocycles. The molecule has 0 saturated carbocycles. The van der Waals surface area contributed by atoms with Crippen LogP contribution in [0.25, 0.3) is 0 Å². The van der Waals surface area contributed by atoms with Gasteiger partial charge >= 0.3 is 0 Å². The van der Waals surface area contributed by atoms with Gasteiger partial charge in [0.25, 0.3) is 5.91 Å². The van der Waals surface area contributed by atoms with Gasteiger partial charge in [-0.1, -0.05) is 23.4 Å². The van der Waals surface area contributed by atoms with Gasteiger partial charge in [-0.15, -0.1) is 0 Å². The summed E-state index contributed by atoms with van der Waals surface area (Å²) >= 11 is 0. The summed E-state index contributed by atoms with van der Waals surface area (Å²) in [6.45, 7) is 5.52. The van der Waals surface area contributed by atoms with E-state index in [1.54, 1.807) is 25.3 Å². The van der Waals surface area contributed by atoms with Gasteiger partial charge in [0.15, 0.2) is 5.82 Å². The van der Waals surface area contributed by atoms with Crippen LogP contribution in [-0.2, 0) is 0 Å². The number of anilines is 3. The van der Waals surface area contributed by atoms with Crippen molar-refractivity contribution in [2.45, 2.75) is 6.92 Å². The van der Waals surface area contributed by atoms with Crippen molar-refractivity contribution in [3.05, 3.63) is 66.2 Å². The van der Waals surface area contributed by atoms with Crippen molar-refractivity contribution in [3.8, 4) is 0 Å². The molecule has 1 aliphatic rings. The van der Waals surface area contributed by atoms with Gasteiger partial charge in [-0.2, -0.15) is 0 Å². The van der Waals surface area contributed by atoms with Crippen molar-refractivity contribution >= 4 is 23.1 Å². The molecular formula is C20H21N5O2. The lowest BCUT2D eigenvalue weighted by Crippen LogP contribution is -2.46. The van der Waals surface area contributed by atoms with Crippen LogP contribution >= 0.6 is 0 Å². The van der Waals surface area contributed by atoms with Crippen LogP contribution in [0.4, 0.5) is 17.2 Å². The Morgan fingerprint density at radius 3 is 2.30 bits per heavy atom. The summed E-state index contributed by atoms with van der Waals surface area (Å²) in [7, 11) is 0. The van der Waals surface area contributed by atoms with Crippen LogP contribution in [0.2, 0.25) is 0 Å². The number of carbonyl (C=O) groups excluding carboxylic acids is 1. The van der Waals surface area contributed by atoms with E-state index < -0.39 is 0 Å². The maximum Gasteiger partial charge on any atom is 0.275 e. The lowest BCUT2D eigenvalue weighted by atomic mass is 10.2. The van der Waals surface area contributed by atoms with Crippen molar-refractivity contribution in [1.82, 2.24) is 10.1 Å². The summed E-state index contributed by atoms with van der Waals surface area (Å²) in [5, 5.41) is 6.43. The topological polar surface area (TPSA) is 74.5 Å². The number of amides is 1. The molecule has 1 amide bonds. The third-order valence-electron chi connectivity index (χ3n) is 4.62. The molecule has 4 rings (SSSR count). The van der Waals surface area contributed by atoms with Crippen LogP contribution in [-0.4, -0.2) is 42.2 Å². The first-order valence-corrected chi connectivity index (χ1v) is 8.95. The van der Waals surface area contributed by atoms with E-state index in [1.165, 1.54) is 5.69 Å². The van der Waals surface area contributed by atoms with Crippen LogP contribution in [0, 0.1) is 6.92 Å². The maximum absolute atomic E-state index is 12.2. The number of carbonyl (C=O) groups is 1. The van der Waals surface area contributed by atoms with Gasteiger partial charge in [0.05, 0.1) is 11.9 Å². The first-order valence-electron chi connectivity index (χ1n) is 8.95. The Morgan fingerprint density at radius 1 is 1.00 bits per heavy atom. The second-order valence-electron chi connectivity index (χ2n) is 6.49. The van der Waals surface area contributed by atoms with Gasteiger partial charge in [-0.3, -0.25) is 4.79 Å². The molecule has 1 saturated heterocycles. The number of rotatable bonds is 4. The van der Waals surface area contributed by atoms with E-state index in [2.05, 4.69) is 49.5 Å². The molecule has 3 aromatic rings. The monoisotopic (exact) mass is 363 g/mol. The molecule has 27 heavy (non-hydrogen) atoms. The van der Waals surface area contributed by atoms with Crippen LogP contribution in [0.3, 0.4) is 0 Å². The van der Waals surface area contributed by atoms with Crippen molar-refractivity contribution in [1.29, 1.82) is 0 Å². The highest BCUT2D eigenvalue weighted by atomic mass is 16.5. The molecule has 0 atom stereocenters. The molecule has 0 bridgehead atoms. The Labute approximate surface area is 157 Å². The van der Waals surface area contributed by atoms with E-state index in [4.69, 9.17) is 4.52 Å². The minimum Gasteiger partial charge on any atom is -0.368 e. The van der Waals surface area contributed by atoms with Gasteiger partial charge in [0, 0.05) is 37.9 Å². The van der Waals surface area contributed by atoms with Crippen LogP contribution in [0.5, 0.6) is 0 Å². The van der Waals surface area contributed by atoms with Gasteiger partial charge in [0.1, 0.15) is 11.5 Å². The Bertz CT molecular complexity index is 900. The molecule has 138 valence electrons. The SMILES string of the molecule is Cc1cc(NC(=O)c2ccc(N3CCN(c4ccccc4)CC3)cn2)no1. The molecule has 0 radical (unpaired) electrons. The number of hydrogen-bond donors (Lipinski definition) is 1. The molecule has 0 aliphatic carbocycles. The fourth-order valence-corrected chi connectivity index (χ4v) is 3.17. The number of para-hydroxylation sites is 1. The molecule has 7 heteroatoms. The third kappa shape index (κ3) is 3.92. The summed E-state index contributed by atoms with van der Waals surface area (Å²) in [5.74, 6) is 0.729. The van der Waals surface area contributed by atoms with Crippen molar-refractivity contribution in [2.75, 3.05) is 41.3 Å². The average molecular weight is 363 g/mol. The highest BCUT2D eigenvalue weighted by molar-refractivity contribution is 6.02. The zero-order valence-corrected chi connectivity index (χ0v) is 15.1. The van der Waals surface area contributed by atoms with Gasteiger partial charge < -0.3 is 19.6 Å². The second kappa shape index (κ2) is 7.49. The van der Waals surface area contributed by atoms with E-state index in [9.17, 15) is 4.79 Å². The first kappa shape index (κ1) is 17.1. The number of nitrogens with one attached hydrogen (secondary N) is 1. The minimum atomic E-state index is -0.302. The van der Waals surface area contributed by atoms with E-state index in [1.807, 2.05) is 12.1 Å². The van der Waals surface area contributed by atoms with Crippen molar-refractivity contribution < 1.29 is 9.32 Å². The fourth-order valence-electron chi connectivity index (χ4n) is 3.17. The summed E-state index contributed by atoms with van der Waals surface area (Å²) in [4.78, 5) is 21.2. The molecule has 1 aromatic carbocycles. The predicted molar refractivity (Wildman–Crippen MR) is 104 cm³/mol. The van der Waals surface area contributed by atoms with Crippen LogP contribution < -0.4 is 15.1 Å². The van der Waals surface area contributed by atoms with Gasteiger partial charge in [-0.25, -0.2) is 4.98 Å². The molecule has 1 aliphatic heterocycles. The number of hydrogen-bond acceptors (Lipinski definition) is 6. The molecule has 7 nitrogen and oxygen atoms in total. The molecular weight excluding hydrogens is 342 g/mol. The molecule has 1 N–H and O–H groups in total. The molecule has 1 fully saturated rings. The quantitative estimate of drug-likeness (QED) is 0.768. The Kier molecular flexibility index (Phi) is 4.74. The molecule has 0 unspecified atom stereocenters. The van der Waals surface area contributed by atoms with E-state index in [0.717, 1.165) is 31.9 Å². The minimum absolute atomic E-state index is 0.302. The van der Waals surface area contributed by atoms with E-state index >= 15 is 0 Å². The molecule has 0 spiro atoms. The Morgan fingerprint density at radius 2 is 1.70 bits per heavy atom. The number of piperazine rings is 1. The average Bonchev–Trinajstić information content (AvgIpc) is 3.13. The summed E-state index contributed by atoms with van der Waals surface area (Å²) in [6, 6.07) is 15.8. The number of benzene rings is 1. The smallest absolute Gasteiger partial charge is 0.275 e. The molecule has 2 aromatic heterocycles. The Balaban J connectivity index is 1.36. The zero-order chi connectivity index (χ0) is 18.6. The number of aromatic nitrogens is 2. The van der Waals surface area contributed by atoms with Gasteiger partial charge in [0.2, 0.25) is 0 Å². The van der Waals surface area contributed by atoms with Crippen LogP contribution in [0.1, 0.15) is 16.2 Å². The van der Waals surface area contributed by atoms with Crippen molar-refractivity contribution in [2.24, 2.45) is 0 Å². The second-order valence-corrected chi connectivity index (χ2v) is 6.49. The lowest BCUT2D eigenvalue weighted by Gasteiger charge is -2.37. The predicted octanol–water partition coefficient (Wildman–Crippen LogP) is 2.96. The number of nitrogens with zero attached hydrogens (tertiary/aromatic N) is 4. The zero-order valence-electron chi connectivity index (χ0n) is 15.1. The Hall–Kier alpha value is -3.35. The van der Waals surface area contributed by atoms with E-state index in [-0.39, 0.29) is 5.91 Å². The first-order chi connectivity index (χ1) is 13.2. The standard InChI is InChI=1S/C20H21N5O2/c1-15-13-19(23-27-15)22-20(26)18-8-7-17(14-21-18)25-11-9-24(10-12-25)16-5-3-2-4-6-16/h2-8,13-14H,9-12H2,1H3,(H,22,23,26). The summed E-state index contributed by atoms with van der Waals surface area (Å²) in [5.41, 5.74) is 2.63. The summed E-state index contributed by atoms with van der Waals surface area (Å²) < 4.78 is 4.94. The van der Waals surface area contributed by atoms with E-state index in [0.29, 0.717) is 17.3 Å². The maximum atomic E-state index is 12.2. The highest BCUT2D eigenvalue weighted by Gasteiger charge is 2.18. The van der Waals surface area contributed by atoms with Gasteiger partial charge in [-0.05, 0) is 31.2 Å². The van der Waals surface area contributed by atoms with Crippen molar-refractivity contribution in [3.63, 3.8) is 0 Å². The van der Waals surface area contributed by atoms with Crippen LogP contribution in [0.15, 0.2) is 59.3 Å². The highest BCUT2D eigenvalue weighted by Crippen LogP contribution is 2.20. The summed E-state index contributed by atoms with van der Waals surface area (Å²) in [6.07, 6.45) is 1.75.